The maximum Gasteiger partial charge on any atom is 0.279 e. The molecule has 1 aromatic heterocycles. The molecule has 0 spiro atoms. The van der Waals surface area contributed by atoms with E-state index < -0.39 is 0 Å². The predicted molar refractivity (Wildman–Crippen MR) is 102 cm³/mol. The van der Waals surface area contributed by atoms with Crippen molar-refractivity contribution in [2.45, 2.75) is 13.8 Å². The van der Waals surface area contributed by atoms with E-state index in [1.165, 1.54) is 11.3 Å². The number of amides is 1. The van der Waals surface area contributed by atoms with Crippen LogP contribution in [0.25, 0.3) is 11.3 Å². The Morgan fingerprint density at radius 1 is 1.12 bits per heavy atom. The van der Waals surface area contributed by atoms with Gasteiger partial charge in [0.05, 0.1) is 5.69 Å². The molecule has 1 heterocycles. The summed E-state index contributed by atoms with van der Waals surface area (Å²) in [6.07, 6.45) is 0. The number of hydrogen-bond donors (Lipinski definition) is 0. The lowest BCUT2D eigenvalue weighted by Gasteiger charge is -2.05. The number of benzene rings is 2. The Hall–Kier alpha value is -1.98. The van der Waals surface area contributed by atoms with Gasteiger partial charge in [-0.15, -0.1) is 11.3 Å². The number of nitrogens with zero attached hydrogens (tertiary/aromatic N) is 2. The zero-order valence-corrected chi connectivity index (χ0v) is 16.1. The average molecular weight is 401 g/mol. The van der Waals surface area contributed by atoms with Gasteiger partial charge in [0.1, 0.15) is 0 Å². The van der Waals surface area contributed by atoms with Crippen molar-refractivity contribution in [3.05, 3.63) is 73.8 Å². The van der Waals surface area contributed by atoms with E-state index in [0.717, 1.165) is 26.2 Å². The molecule has 0 N–H and O–H groups in total. The Morgan fingerprint density at radius 3 is 2.50 bits per heavy atom. The highest BCUT2D eigenvalue weighted by molar-refractivity contribution is 9.10. The number of hydrogen-bond acceptors (Lipinski definition) is 2. The highest BCUT2D eigenvalue weighted by atomic mass is 79.9. The maximum absolute atomic E-state index is 12.4. The molecule has 1 amide bonds. The van der Waals surface area contributed by atoms with Gasteiger partial charge < -0.3 is 4.57 Å². The van der Waals surface area contributed by atoms with Crippen LogP contribution in [0.3, 0.4) is 0 Å². The van der Waals surface area contributed by atoms with E-state index in [0.29, 0.717) is 10.4 Å². The van der Waals surface area contributed by atoms with Gasteiger partial charge in [-0.2, -0.15) is 4.99 Å². The van der Waals surface area contributed by atoms with E-state index in [1.54, 1.807) is 6.07 Å². The van der Waals surface area contributed by atoms with Crippen molar-refractivity contribution in [3.8, 4) is 11.3 Å². The van der Waals surface area contributed by atoms with Crippen molar-refractivity contribution in [3.63, 3.8) is 0 Å². The van der Waals surface area contributed by atoms with E-state index in [-0.39, 0.29) is 5.91 Å². The van der Waals surface area contributed by atoms with E-state index >= 15 is 0 Å². The molecule has 3 nitrogen and oxygen atoms in total. The summed E-state index contributed by atoms with van der Waals surface area (Å²) in [7, 11) is 1.95. The van der Waals surface area contributed by atoms with Gasteiger partial charge in [0.2, 0.25) is 0 Å². The normalized spacial score (nSPS) is 11.8. The van der Waals surface area contributed by atoms with Gasteiger partial charge in [-0.05, 0) is 43.7 Å². The second-order valence-corrected chi connectivity index (χ2v) is 7.74. The standard InChI is InChI=1S/C19H17BrN2OS/c1-12-5-4-6-15(11-12)18(23)21-19-22(3)17(13(2)24-19)14-7-9-16(20)10-8-14/h4-11H,1-3H3. The molecule has 0 aliphatic heterocycles. The number of carbonyl (C=O) groups is 1. The van der Waals surface area contributed by atoms with Gasteiger partial charge in [-0.1, -0.05) is 45.8 Å². The highest BCUT2D eigenvalue weighted by Gasteiger charge is 2.11. The number of rotatable bonds is 2. The first-order valence-corrected chi connectivity index (χ1v) is 9.15. The van der Waals surface area contributed by atoms with Gasteiger partial charge >= 0.3 is 0 Å². The van der Waals surface area contributed by atoms with Gasteiger partial charge in [0.15, 0.2) is 4.80 Å². The third-order valence-electron chi connectivity index (χ3n) is 3.78. The summed E-state index contributed by atoms with van der Waals surface area (Å²) in [6, 6.07) is 15.7. The van der Waals surface area contributed by atoms with E-state index in [9.17, 15) is 4.79 Å². The third kappa shape index (κ3) is 3.42. The van der Waals surface area contributed by atoms with E-state index in [4.69, 9.17) is 0 Å². The number of carbonyl (C=O) groups excluding carboxylic acids is 1. The Labute approximate surface area is 153 Å². The van der Waals surface area contributed by atoms with E-state index in [1.807, 2.05) is 48.9 Å². The summed E-state index contributed by atoms with van der Waals surface area (Å²) < 4.78 is 3.03. The maximum atomic E-state index is 12.4. The Kier molecular flexibility index (Phi) is 4.83. The molecule has 0 aliphatic rings. The van der Waals surface area contributed by atoms with Crippen LogP contribution in [-0.4, -0.2) is 10.5 Å². The quantitative estimate of drug-likeness (QED) is 0.603. The van der Waals surface area contributed by atoms with Crippen molar-refractivity contribution in [2.75, 3.05) is 0 Å². The van der Waals surface area contributed by atoms with E-state index in [2.05, 4.69) is 40.0 Å². The van der Waals surface area contributed by atoms with Crippen LogP contribution in [0.2, 0.25) is 0 Å². The third-order valence-corrected chi connectivity index (χ3v) is 5.36. The molecule has 0 unspecified atom stereocenters. The van der Waals surface area contributed by atoms with Gasteiger partial charge in [-0.25, -0.2) is 0 Å². The minimum atomic E-state index is -0.210. The first kappa shape index (κ1) is 16.9. The fourth-order valence-corrected chi connectivity index (χ4v) is 3.86. The fourth-order valence-electron chi connectivity index (χ4n) is 2.62. The summed E-state index contributed by atoms with van der Waals surface area (Å²) in [6.45, 7) is 4.02. The fraction of sp³-hybridized carbons (Fsp3) is 0.158. The molecule has 122 valence electrons. The smallest absolute Gasteiger partial charge is 0.279 e. The molecule has 0 saturated carbocycles. The monoisotopic (exact) mass is 400 g/mol. The molecule has 0 atom stereocenters. The molecule has 3 aromatic rings. The zero-order chi connectivity index (χ0) is 17.3. The number of aromatic nitrogens is 1. The second-order valence-electron chi connectivity index (χ2n) is 5.64. The first-order chi connectivity index (χ1) is 11.5. The molecular weight excluding hydrogens is 384 g/mol. The molecule has 0 fully saturated rings. The lowest BCUT2D eigenvalue weighted by molar-refractivity contribution is 0.0998. The molecule has 2 aromatic carbocycles. The summed E-state index contributed by atoms with van der Waals surface area (Å²) >= 11 is 4.99. The Balaban J connectivity index is 2.05. The topological polar surface area (TPSA) is 34.4 Å². The summed E-state index contributed by atoms with van der Waals surface area (Å²) in [5.74, 6) is -0.210. The number of aryl methyl sites for hydroxylation is 2. The number of halogens is 1. The second kappa shape index (κ2) is 6.87. The van der Waals surface area contributed by atoms with Gasteiger partial charge in [-0.3, -0.25) is 4.79 Å². The van der Waals surface area contributed by atoms with Crippen LogP contribution >= 0.6 is 27.3 Å². The number of thiazole rings is 1. The van der Waals surface area contributed by atoms with Crippen LogP contribution in [-0.2, 0) is 7.05 Å². The Bertz CT molecular complexity index is 968. The van der Waals surface area contributed by atoms with Gasteiger partial charge in [0, 0.05) is 22.0 Å². The van der Waals surface area contributed by atoms with Crippen molar-refractivity contribution >= 4 is 33.2 Å². The molecular formula is C19H17BrN2OS. The van der Waals surface area contributed by atoms with Crippen molar-refractivity contribution in [1.29, 1.82) is 0 Å². The molecule has 0 saturated heterocycles. The Morgan fingerprint density at radius 2 is 1.83 bits per heavy atom. The minimum Gasteiger partial charge on any atom is -0.319 e. The lowest BCUT2D eigenvalue weighted by Crippen LogP contribution is -2.14. The molecule has 3 rings (SSSR count). The van der Waals surface area contributed by atoms with Crippen molar-refractivity contribution in [1.82, 2.24) is 4.57 Å². The zero-order valence-electron chi connectivity index (χ0n) is 13.7. The van der Waals surface area contributed by atoms with Crippen LogP contribution in [0.5, 0.6) is 0 Å². The molecule has 24 heavy (non-hydrogen) atoms. The van der Waals surface area contributed by atoms with Crippen LogP contribution in [0, 0.1) is 13.8 Å². The predicted octanol–water partition coefficient (Wildman–Crippen LogP) is 4.87. The van der Waals surface area contributed by atoms with Crippen LogP contribution in [0.1, 0.15) is 20.8 Å². The molecule has 0 aliphatic carbocycles. The highest BCUT2D eigenvalue weighted by Crippen LogP contribution is 2.25. The molecule has 5 heteroatoms. The van der Waals surface area contributed by atoms with Crippen molar-refractivity contribution in [2.24, 2.45) is 12.0 Å². The van der Waals surface area contributed by atoms with Crippen LogP contribution in [0.4, 0.5) is 0 Å². The SMILES string of the molecule is Cc1cccc(C(=O)N=c2sc(C)c(-c3ccc(Br)cc3)n2C)c1. The average Bonchev–Trinajstić information content (AvgIpc) is 2.82. The van der Waals surface area contributed by atoms with Crippen LogP contribution in [0.15, 0.2) is 58.0 Å². The molecule has 0 radical (unpaired) electrons. The van der Waals surface area contributed by atoms with Crippen molar-refractivity contribution < 1.29 is 4.79 Å². The first-order valence-electron chi connectivity index (χ1n) is 7.54. The summed E-state index contributed by atoms with van der Waals surface area (Å²) in [5.41, 5.74) is 3.87. The largest absolute Gasteiger partial charge is 0.319 e. The summed E-state index contributed by atoms with van der Waals surface area (Å²) in [4.78, 5) is 18.6. The molecule has 0 bridgehead atoms. The van der Waals surface area contributed by atoms with Crippen LogP contribution < -0.4 is 4.80 Å². The summed E-state index contributed by atoms with van der Waals surface area (Å²) in [5, 5.41) is 0. The minimum absolute atomic E-state index is 0.210. The lowest BCUT2D eigenvalue weighted by atomic mass is 10.1. The van der Waals surface area contributed by atoms with Gasteiger partial charge in [0.25, 0.3) is 5.91 Å².